The number of unbranched alkanes of at least 4 members (excludes halogenated alkanes) is 2. The first-order chi connectivity index (χ1) is 9.38. The second-order valence-corrected chi connectivity index (χ2v) is 6.26. The topological polar surface area (TPSA) is 71.2 Å². The number of furan rings is 1. The first-order valence-electron chi connectivity index (χ1n) is 6.22. The summed E-state index contributed by atoms with van der Waals surface area (Å²) in [7, 11) is 0. The van der Waals surface area contributed by atoms with Crippen molar-refractivity contribution >= 4 is 28.2 Å². The number of nitrogens with one attached hydrogen (secondary N) is 1. The van der Waals surface area contributed by atoms with Crippen LogP contribution in [0.5, 0.6) is 0 Å². The highest BCUT2D eigenvalue weighted by atomic mass is 32.2. The summed E-state index contributed by atoms with van der Waals surface area (Å²) in [5.74, 6) is 1.90. The third-order valence-corrected chi connectivity index (χ3v) is 4.53. The van der Waals surface area contributed by atoms with Crippen molar-refractivity contribution < 1.29 is 9.52 Å². The summed E-state index contributed by atoms with van der Waals surface area (Å²) in [4.78, 5) is 0. The highest BCUT2D eigenvalue weighted by Crippen LogP contribution is 2.26. The van der Waals surface area contributed by atoms with Gasteiger partial charge in [0.2, 0.25) is 5.13 Å². The highest BCUT2D eigenvalue weighted by molar-refractivity contribution is 8.01. The molecule has 0 radical (unpaired) electrons. The fraction of sp³-hybridized carbons (Fsp3) is 0.500. The van der Waals surface area contributed by atoms with E-state index in [9.17, 15) is 0 Å². The first kappa shape index (κ1) is 14.4. The standard InChI is InChI=1S/C12H17N3O2S2/c16-6-2-1-3-8-18-12-15-14-11(19-12)13-9-10-5-4-7-17-10/h4-5,7,16H,1-3,6,8-9H2,(H,13,14). The second-order valence-electron chi connectivity index (χ2n) is 3.94. The van der Waals surface area contributed by atoms with Gasteiger partial charge >= 0.3 is 0 Å². The molecular weight excluding hydrogens is 282 g/mol. The van der Waals surface area contributed by atoms with Crippen LogP contribution in [0.1, 0.15) is 25.0 Å². The predicted octanol–water partition coefficient (Wildman–Crippen LogP) is 3.00. The van der Waals surface area contributed by atoms with Crippen LogP contribution in [0.3, 0.4) is 0 Å². The lowest BCUT2D eigenvalue weighted by molar-refractivity contribution is 0.284. The van der Waals surface area contributed by atoms with E-state index in [1.165, 1.54) is 0 Å². The molecule has 0 aliphatic heterocycles. The number of nitrogens with zero attached hydrogens (tertiary/aromatic N) is 2. The van der Waals surface area contributed by atoms with Crippen LogP contribution in [0, 0.1) is 0 Å². The maximum atomic E-state index is 8.68. The Labute approximate surface area is 120 Å². The van der Waals surface area contributed by atoms with Gasteiger partial charge < -0.3 is 14.8 Å². The van der Waals surface area contributed by atoms with Crippen LogP contribution in [0.4, 0.5) is 5.13 Å². The zero-order valence-corrected chi connectivity index (χ0v) is 12.2. The van der Waals surface area contributed by atoms with Gasteiger partial charge in [0, 0.05) is 12.4 Å². The van der Waals surface area contributed by atoms with E-state index in [1.54, 1.807) is 29.4 Å². The Morgan fingerprint density at radius 3 is 3.05 bits per heavy atom. The largest absolute Gasteiger partial charge is 0.467 e. The van der Waals surface area contributed by atoms with Gasteiger partial charge in [0.25, 0.3) is 0 Å². The Morgan fingerprint density at radius 1 is 1.32 bits per heavy atom. The lowest BCUT2D eigenvalue weighted by atomic mass is 10.3. The summed E-state index contributed by atoms with van der Waals surface area (Å²) in [6, 6.07) is 3.79. The van der Waals surface area contributed by atoms with E-state index in [2.05, 4.69) is 15.5 Å². The molecular formula is C12H17N3O2S2. The molecule has 0 aromatic carbocycles. The number of thioether (sulfide) groups is 1. The molecule has 2 N–H and O–H groups in total. The van der Waals surface area contributed by atoms with E-state index in [1.807, 2.05) is 12.1 Å². The summed E-state index contributed by atoms with van der Waals surface area (Å²) in [6.45, 7) is 0.910. The van der Waals surface area contributed by atoms with E-state index < -0.39 is 0 Å². The van der Waals surface area contributed by atoms with Gasteiger partial charge in [-0.1, -0.05) is 29.5 Å². The predicted molar refractivity (Wildman–Crippen MR) is 77.6 cm³/mol. The molecule has 0 aliphatic carbocycles. The van der Waals surface area contributed by atoms with Gasteiger partial charge in [0.1, 0.15) is 5.76 Å². The van der Waals surface area contributed by atoms with E-state index >= 15 is 0 Å². The molecule has 0 saturated heterocycles. The SMILES string of the molecule is OCCCCCSc1nnc(NCc2ccco2)s1. The van der Waals surface area contributed by atoms with Crippen LogP contribution in [-0.2, 0) is 6.54 Å². The summed E-state index contributed by atoms with van der Waals surface area (Å²) in [5.41, 5.74) is 0. The molecule has 0 spiro atoms. The Morgan fingerprint density at radius 2 is 2.26 bits per heavy atom. The molecule has 104 valence electrons. The zero-order valence-electron chi connectivity index (χ0n) is 10.5. The van der Waals surface area contributed by atoms with Crippen molar-refractivity contribution in [2.45, 2.75) is 30.1 Å². The van der Waals surface area contributed by atoms with Crippen LogP contribution < -0.4 is 5.32 Å². The molecule has 0 bridgehead atoms. The van der Waals surface area contributed by atoms with Gasteiger partial charge in [-0.2, -0.15) is 0 Å². The third kappa shape index (κ3) is 5.22. The van der Waals surface area contributed by atoms with Crippen molar-refractivity contribution in [3.8, 4) is 0 Å². The fourth-order valence-corrected chi connectivity index (χ4v) is 3.28. The normalized spacial score (nSPS) is 10.8. The van der Waals surface area contributed by atoms with Crippen LogP contribution in [0.25, 0.3) is 0 Å². The molecule has 0 atom stereocenters. The molecule has 2 aromatic rings. The van der Waals surface area contributed by atoms with Crippen molar-refractivity contribution in [3.63, 3.8) is 0 Å². The molecule has 2 aromatic heterocycles. The number of hydrogen-bond acceptors (Lipinski definition) is 7. The van der Waals surface area contributed by atoms with Crippen molar-refractivity contribution in [3.05, 3.63) is 24.2 Å². The summed E-state index contributed by atoms with van der Waals surface area (Å²) in [5, 5.41) is 20.9. The van der Waals surface area contributed by atoms with Crippen molar-refractivity contribution in [1.82, 2.24) is 10.2 Å². The number of aromatic nitrogens is 2. The van der Waals surface area contributed by atoms with E-state index in [4.69, 9.17) is 9.52 Å². The summed E-state index contributed by atoms with van der Waals surface area (Å²) >= 11 is 3.27. The second kappa shape index (κ2) is 8.19. The Balaban J connectivity index is 1.67. The van der Waals surface area contributed by atoms with Crippen LogP contribution in [0.15, 0.2) is 27.2 Å². The Bertz CT molecular complexity index is 459. The van der Waals surface area contributed by atoms with Gasteiger partial charge in [-0.3, -0.25) is 0 Å². The molecule has 2 heterocycles. The minimum Gasteiger partial charge on any atom is -0.467 e. The average molecular weight is 299 g/mol. The van der Waals surface area contributed by atoms with Gasteiger partial charge in [-0.05, 0) is 25.0 Å². The molecule has 0 aliphatic rings. The molecule has 0 amide bonds. The van der Waals surface area contributed by atoms with Gasteiger partial charge in [0.05, 0.1) is 12.8 Å². The van der Waals surface area contributed by atoms with Gasteiger partial charge in [0.15, 0.2) is 4.34 Å². The molecule has 2 rings (SSSR count). The van der Waals surface area contributed by atoms with E-state index in [0.29, 0.717) is 6.54 Å². The lowest BCUT2D eigenvalue weighted by Crippen LogP contribution is -1.96. The van der Waals surface area contributed by atoms with Crippen molar-refractivity contribution in [1.29, 1.82) is 0 Å². The van der Waals surface area contributed by atoms with Gasteiger partial charge in [-0.15, -0.1) is 10.2 Å². The third-order valence-electron chi connectivity index (χ3n) is 2.43. The monoisotopic (exact) mass is 299 g/mol. The van der Waals surface area contributed by atoms with E-state index in [-0.39, 0.29) is 6.61 Å². The maximum absolute atomic E-state index is 8.68. The minimum atomic E-state index is 0.282. The molecule has 0 saturated carbocycles. The first-order valence-corrected chi connectivity index (χ1v) is 8.02. The number of aliphatic hydroxyl groups is 1. The zero-order chi connectivity index (χ0) is 13.3. The minimum absolute atomic E-state index is 0.282. The fourth-order valence-electron chi connectivity index (χ4n) is 1.47. The van der Waals surface area contributed by atoms with E-state index in [0.717, 1.165) is 40.2 Å². The quantitative estimate of drug-likeness (QED) is 0.548. The number of rotatable bonds is 9. The van der Waals surface area contributed by atoms with Crippen molar-refractivity contribution in [2.75, 3.05) is 17.7 Å². The summed E-state index contributed by atoms with van der Waals surface area (Å²) in [6.07, 6.45) is 4.70. The van der Waals surface area contributed by atoms with Crippen molar-refractivity contribution in [2.24, 2.45) is 0 Å². The lowest BCUT2D eigenvalue weighted by Gasteiger charge is -1.97. The Kier molecular flexibility index (Phi) is 6.19. The summed E-state index contributed by atoms with van der Waals surface area (Å²) < 4.78 is 6.21. The number of anilines is 1. The van der Waals surface area contributed by atoms with Crippen LogP contribution >= 0.6 is 23.1 Å². The number of aliphatic hydroxyl groups excluding tert-OH is 1. The average Bonchev–Trinajstić information content (AvgIpc) is 3.07. The van der Waals surface area contributed by atoms with Gasteiger partial charge in [-0.25, -0.2) is 0 Å². The molecule has 7 heteroatoms. The molecule has 0 unspecified atom stereocenters. The maximum Gasteiger partial charge on any atom is 0.206 e. The Hall–Kier alpha value is -1.05. The highest BCUT2D eigenvalue weighted by Gasteiger charge is 2.05. The molecule has 0 fully saturated rings. The molecule has 5 nitrogen and oxygen atoms in total. The van der Waals surface area contributed by atoms with Crippen LogP contribution in [-0.4, -0.2) is 27.7 Å². The number of hydrogen-bond donors (Lipinski definition) is 2. The smallest absolute Gasteiger partial charge is 0.206 e. The van der Waals surface area contributed by atoms with Crippen LogP contribution in [0.2, 0.25) is 0 Å². The molecule has 19 heavy (non-hydrogen) atoms.